The van der Waals surface area contributed by atoms with Crippen molar-refractivity contribution in [2.24, 2.45) is 5.92 Å². The molecule has 2 rings (SSSR count). The van der Waals surface area contributed by atoms with Gasteiger partial charge in [-0.15, -0.1) is 0 Å². The molecule has 1 fully saturated rings. The van der Waals surface area contributed by atoms with Crippen LogP contribution in [0.4, 0.5) is 4.39 Å². The van der Waals surface area contributed by atoms with Gasteiger partial charge in [-0.05, 0) is 75.6 Å². The molecule has 0 bridgehead atoms. The Morgan fingerprint density at radius 1 is 1.42 bits per heavy atom. The lowest BCUT2D eigenvalue weighted by atomic mass is 9.83. The minimum Gasteiger partial charge on any atom is -0.317 e. The number of rotatable bonds is 4. The molecular formula is C16H25FN2. The van der Waals surface area contributed by atoms with Gasteiger partial charge in [0.15, 0.2) is 0 Å². The zero-order valence-electron chi connectivity index (χ0n) is 12.2. The van der Waals surface area contributed by atoms with Crippen LogP contribution < -0.4 is 5.32 Å². The van der Waals surface area contributed by atoms with Crippen LogP contribution in [0.25, 0.3) is 0 Å². The number of nitrogens with zero attached hydrogens (tertiary/aromatic N) is 1. The first kappa shape index (κ1) is 14.5. The van der Waals surface area contributed by atoms with Gasteiger partial charge in [0.05, 0.1) is 0 Å². The average Bonchev–Trinajstić information content (AvgIpc) is 2.37. The SMILES string of the molecule is CCNCC1CCCN(C)C1c1ccc(F)cc1C. The third kappa shape index (κ3) is 3.34. The molecule has 0 saturated carbocycles. The van der Waals surface area contributed by atoms with Crippen molar-refractivity contribution in [1.82, 2.24) is 10.2 Å². The third-order valence-corrected chi connectivity index (χ3v) is 4.21. The van der Waals surface area contributed by atoms with Gasteiger partial charge in [-0.3, -0.25) is 4.90 Å². The summed E-state index contributed by atoms with van der Waals surface area (Å²) in [5.41, 5.74) is 2.35. The highest BCUT2D eigenvalue weighted by molar-refractivity contribution is 5.30. The van der Waals surface area contributed by atoms with Crippen molar-refractivity contribution < 1.29 is 4.39 Å². The largest absolute Gasteiger partial charge is 0.317 e. The highest BCUT2D eigenvalue weighted by atomic mass is 19.1. The van der Waals surface area contributed by atoms with Gasteiger partial charge in [0.25, 0.3) is 0 Å². The molecule has 1 aliphatic rings. The first-order valence-electron chi connectivity index (χ1n) is 7.30. The second kappa shape index (κ2) is 6.49. The molecule has 19 heavy (non-hydrogen) atoms. The van der Waals surface area contributed by atoms with Crippen LogP contribution >= 0.6 is 0 Å². The van der Waals surface area contributed by atoms with E-state index in [4.69, 9.17) is 0 Å². The van der Waals surface area contributed by atoms with Crippen LogP contribution in [0.3, 0.4) is 0 Å². The standard InChI is InChI=1S/C16H25FN2/c1-4-18-11-13-6-5-9-19(3)16(13)15-8-7-14(17)10-12(15)2/h7-8,10,13,16,18H,4-6,9,11H2,1-3H3. The maximum atomic E-state index is 13.3. The van der Waals surface area contributed by atoms with Crippen molar-refractivity contribution in [2.45, 2.75) is 32.7 Å². The molecule has 1 aliphatic heterocycles. The van der Waals surface area contributed by atoms with Gasteiger partial charge in [-0.2, -0.15) is 0 Å². The second-order valence-electron chi connectivity index (χ2n) is 5.64. The Morgan fingerprint density at radius 3 is 2.89 bits per heavy atom. The van der Waals surface area contributed by atoms with Crippen molar-refractivity contribution >= 4 is 0 Å². The highest BCUT2D eigenvalue weighted by Crippen LogP contribution is 2.36. The Hall–Kier alpha value is -0.930. The fraction of sp³-hybridized carbons (Fsp3) is 0.625. The fourth-order valence-corrected chi connectivity index (χ4v) is 3.27. The summed E-state index contributed by atoms with van der Waals surface area (Å²) in [7, 11) is 2.19. The normalized spacial score (nSPS) is 24.6. The minimum atomic E-state index is -0.136. The number of piperidine rings is 1. The number of hydrogen-bond donors (Lipinski definition) is 1. The molecule has 106 valence electrons. The van der Waals surface area contributed by atoms with E-state index in [1.165, 1.54) is 18.4 Å². The third-order valence-electron chi connectivity index (χ3n) is 4.21. The highest BCUT2D eigenvalue weighted by Gasteiger charge is 2.30. The summed E-state index contributed by atoms with van der Waals surface area (Å²) >= 11 is 0. The van der Waals surface area contributed by atoms with Gasteiger partial charge < -0.3 is 5.32 Å². The van der Waals surface area contributed by atoms with Gasteiger partial charge >= 0.3 is 0 Å². The van der Waals surface area contributed by atoms with E-state index in [1.54, 1.807) is 12.1 Å². The molecule has 2 atom stereocenters. The molecule has 1 aromatic carbocycles. The van der Waals surface area contributed by atoms with Crippen molar-refractivity contribution in [3.63, 3.8) is 0 Å². The monoisotopic (exact) mass is 264 g/mol. The van der Waals surface area contributed by atoms with Gasteiger partial charge in [-0.25, -0.2) is 4.39 Å². The van der Waals surface area contributed by atoms with Gasteiger partial charge in [0.1, 0.15) is 5.82 Å². The molecule has 3 heteroatoms. The van der Waals surface area contributed by atoms with Crippen LogP contribution in [0.5, 0.6) is 0 Å². The zero-order chi connectivity index (χ0) is 13.8. The predicted molar refractivity (Wildman–Crippen MR) is 77.8 cm³/mol. The van der Waals surface area contributed by atoms with Crippen LogP contribution in [0.15, 0.2) is 18.2 Å². The van der Waals surface area contributed by atoms with Crippen molar-refractivity contribution in [1.29, 1.82) is 0 Å². The second-order valence-corrected chi connectivity index (χ2v) is 5.64. The molecule has 2 unspecified atom stereocenters. The van der Waals surface area contributed by atoms with Crippen LogP contribution in [0, 0.1) is 18.7 Å². The van der Waals surface area contributed by atoms with Crippen LogP contribution in [0.2, 0.25) is 0 Å². The first-order chi connectivity index (χ1) is 9.13. The van der Waals surface area contributed by atoms with Gasteiger partial charge in [0, 0.05) is 6.04 Å². The topological polar surface area (TPSA) is 15.3 Å². The van der Waals surface area contributed by atoms with E-state index in [2.05, 4.69) is 24.2 Å². The number of likely N-dealkylation sites (tertiary alicyclic amines) is 1. The number of nitrogens with one attached hydrogen (secondary N) is 1. The lowest BCUT2D eigenvalue weighted by Crippen LogP contribution is -2.40. The van der Waals surface area contributed by atoms with E-state index in [-0.39, 0.29) is 5.82 Å². The van der Waals surface area contributed by atoms with E-state index in [0.29, 0.717) is 12.0 Å². The quantitative estimate of drug-likeness (QED) is 0.899. The van der Waals surface area contributed by atoms with E-state index in [0.717, 1.165) is 25.2 Å². The number of hydrogen-bond acceptors (Lipinski definition) is 2. The Labute approximate surface area is 116 Å². The predicted octanol–water partition coefficient (Wildman–Crippen LogP) is 3.13. The summed E-state index contributed by atoms with van der Waals surface area (Å²) in [6, 6.07) is 5.63. The van der Waals surface area contributed by atoms with Gasteiger partial charge in [-0.1, -0.05) is 13.0 Å². The molecule has 1 heterocycles. The minimum absolute atomic E-state index is 0.136. The Balaban J connectivity index is 2.25. The van der Waals surface area contributed by atoms with Crippen molar-refractivity contribution in [3.8, 4) is 0 Å². The summed E-state index contributed by atoms with van der Waals surface area (Å²) in [4.78, 5) is 2.42. The average molecular weight is 264 g/mol. The van der Waals surface area contributed by atoms with E-state index in [1.807, 2.05) is 13.0 Å². The summed E-state index contributed by atoms with van der Waals surface area (Å²) in [5, 5.41) is 3.47. The smallest absolute Gasteiger partial charge is 0.123 e. The van der Waals surface area contributed by atoms with Crippen LogP contribution in [-0.4, -0.2) is 31.6 Å². The molecule has 0 aliphatic carbocycles. The molecule has 0 spiro atoms. The molecule has 0 radical (unpaired) electrons. The number of benzene rings is 1. The van der Waals surface area contributed by atoms with E-state index >= 15 is 0 Å². The Bertz CT molecular complexity index is 419. The number of aryl methyl sites for hydroxylation is 1. The molecule has 1 aromatic rings. The summed E-state index contributed by atoms with van der Waals surface area (Å²) in [6.45, 7) is 7.34. The molecule has 0 amide bonds. The van der Waals surface area contributed by atoms with Crippen LogP contribution in [0.1, 0.15) is 36.9 Å². The lowest BCUT2D eigenvalue weighted by Gasteiger charge is -2.40. The fourth-order valence-electron chi connectivity index (χ4n) is 3.27. The van der Waals surface area contributed by atoms with E-state index < -0.39 is 0 Å². The molecule has 2 nitrogen and oxygen atoms in total. The van der Waals surface area contributed by atoms with Crippen molar-refractivity contribution in [2.75, 3.05) is 26.7 Å². The van der Waals surface area contributed by atoms with Gasteiger partial charge in [0.2, 0.25) is 0 Å². The molecule has 1 saturated heterocycles. The first-order valence-corrected chi connectivity index (χ1v) is 7.30. The molecule has 0 aromatic heterocycles. The Morgan fingerprint density at radius 2 is 2.21 bits per heavy atom. The van der Waals surface area contributed by atoms with E-state index in [9.17, 15) is 4.39 Å². The zero-order valence-corrected chi connectivity index (χ0v) is 12.2. The molecular weight excluding hydrogens is 239 g/mol. The van der Waals surface area contributed by atoms with Crippen LogP contribution in [-0.2, 0) is 0 Å². The molecule has 1 N–H and O–H groups in total. The maximum absolute atomic E-state index is 13.3. The van der Waals surface area contributed by atoms with Crippen molar-refractivity contribution in [3.05, 3.63) is 35.1 Å². The summed E-state index contributed by atoms with van der Waals surface area (Å²) < 4.78 is 13.3. The Kier molecular flexibility index (Phi) is 4.94. The lowest BCUT2D eigenvalue weighted by molar-refractivity contribution is 0.119. The number of halogens is 1. The summed E-state index contributed by atoms with van der Waals surface area (Å²) in [5.74, 6) is 0.478. The summed E-state index contributed by atoms with van der Waals surface area (Å²) in [6.07, 6.45) is 2.50. The maximum Gasteiger partial charge on any atom is 0.123 e.